The van der Waals surface area contributed by atoms with Gasteiger partial charge in [0.15, 0.2) is 11.0 Å². The number of nitrogens with one attached hydrogen (secondary N) is 3. The summed E-state index contributed by atoms with van der Waals surface area (Å²) in [5, 5.41) is 15.6. The number of carbonyl (C=O) groups excluding carboxylic acids is 2. The van der Waals surface area contributed by atoms with Gasteiger partial charge in [-0.3, -0.25) is 14.7 Å². The van der Waals surface area contributed by atoms with E-state index in [-0.39, 0.29) is 11.9 Å². The van der Waals surface area contributed by atoms with Gasteiger partial charge in [0.1, 0.15) is 0 Å². The van der Waals surface area contributed by atoms with Crippen LogP contribution in [0.25, 0.3) is 22.3 Å². The zero-order valence-electron chi connectivity index (χ0n) is 18.5. The van der Waals surface area contributed by atoms with E-state index in [1.165, 1.54) is 11.8 Å². The zero-order chi connectivity index (χ0) is 22.7. The lowest BCUT2D eigenvalue weighted by molar-refractivity contribution is -0.117. The molecule has 0 aliphatic carbocycles. The lowest BCUT2D eigenvalue weighted by Crippen LogP contribution is -2.48. The summed E-state index contributed by atoms with van der Waals surface area (Å²) in [5.41, 5.74) is 1.55. The van der Waals surface area contributed by atoms with Gasteiger partial charge in [0, 0.05) is 34.8 Å². The van der Waals surface area contributed by atoms with Gasteiger partial charge in [0.05, 0.1) is 18.4 Å². The fraction of sp³-hybridized carbons (Fsp3) is 0.455. The van der Waals surface area contributed by atoms with Crippen LogP contribution in [-0.4, -0.2) is 55.7 Å². The van der Waals surface area contributed by atoms with E-state index in [1.807, 2.05) is 55.8 Å². The molecule has 0 spiro atoms. The second-order valence-corrected chi connectivity index (χ2v) is 9.78. The first-order chi connectivity index (χ1) is 15.3. The third kappa shape index (κ3) is 5.31. The molecule has 1 aromatic carbocycles. The van der Waals surface area contributed by atoms with Crippen molar-refractivity contribution in [3.63, 3.8) is 0 Å². The number of hydrogen-bond donors (Lipinski definition) is 3. The molecule has 0 bridgehead atoms. The van der Waals surface area contributed by atoms with Crippen molar-refractivity contribution in [1.29, 1.82) is 0 Å². The summed E-state index contributed by atoms with van der Waals surface area (Å²) in [5.74, 6) is 0.387. The van der Waals surface area contributed by atoms with Crippen molar-refractivity contribution >= 4 is 34.6 Å². The van der Waals surface area contributed by atoms with Crippen LogP contribution in [0.15, 0.2) is 35.6 Å². The number of aromatic nitrogens is 4. The van der Waals surface area contributed by atoms with Crippen molar-refractivity contribution in [3.05, 3.63) is 30.5 Å². The van der Waals surface area contributed by atoms with E-state index in [4.69, 9.17) is 4.74 Å². The van der Waals surface area contributed by atoms with Crippen molar-refractivity contribution in [2.75, 3.05) is 12.4 Å². The summed E-state index contributed by atoms with van der Waals surface area (Å²) in [4.78, 5) is 27.5. The highest BCUT2D eigenvalue weighted by Gasteiger charge is 2.24. The van der Waals surface area contributed by atoms with E-state index in [0.717, 1.165) is 41.7 Å². The molecule has 1 aliphatic heterocycles. The quantitative estimate of drug-likeness (QED) is 0.490. The maximum absolute atomic E-state index is 12.3. The molecule has 3 heterocycles. The first-order valence-corrected chi connectivity index (χ1v) is 11.6. The maximum atomic E-state index is 12.3. The average molecular weight is 457 g/mol. The second kappa shape index (κ2) is 9.33. The molecule has 1 atom stereocenters. The summed E-state index contributed by atoms with van der Waals surface area (Å²) >= 11 is 1.25. The van der Waals surface area contributed by atoms with Gasteiger partial charge in [-0.05, 0) is 39.7 Å². The van der Waals surface area contributed by atoms with Crippen molar-refractivity contribution < 1.29 is 14.3 Å². The van der Waals surface area contributed by atoms with Crippen LogP contribution in [0, 0.1) is 0 Å². The predicted octanol–water partition coefficient (Wildman–Crippen LogP) is 3.32. The van der Waals surface area contributed by atoms with Crippen molar-refractivity contribution in [2.45, 2.75) is 57.0 Å². The third-order valence-corrected chi connectivity index (χ3v) is 6.00. The molecule has 2 aromatic heterocycles. The number of rotatable bonds is 6. The lowest BCUT2D eigenvalue weighted by atomic mass is 10.1. The molecule has 1 unspecified atom stereocenters. The normalized spacial score (nSPS) is 16.4. The van der Waals surface area contributed by atoms with E-state index in [0.29, 0.717) is 11.7 Å². The molecular weight excluding hydrogens is 428 g/mol. The van der Waals surface area contributed by atoms with Crippen LogP contribution in [0.2, 0.25) is 0 Å². The Bertz CT molecular complexity index is 1110. The Morgan fingerprint density at radius 1 is 1.28 bits per heavy atom. The Morgan fingerprint density at radius 2 is 2.09 bits per heavy atom. The summed E-state index contributed by atoms with van der Waals surface area (Å²) in [6.45, 7) is 6.92. The molecule has 9 nitrogen and oxygen atoms in total. The largest absolute Gasteiger partial charge is 0.376 e. The molecular formula is C22H28N6O3S. The Balaban J connectivity index is 1.53. The molecule has 170 valence electrons. The Morgan fingerprint density at radius 3 is 2.84 bits per heavy atom. The smallest absolute Gasteiger partial charge is 0.321 e. The number of thioether (sulfide) groups is 1. The van der Waals surface area contributed by atoms with Crippen LogP contribution in [0.4, 0.5) is 4.79 Å². The third-order valence-electron chi connectivity index (χ3n) is 5.03. The minimum Gasteiger partial charge on any atom is -0.376 e. The Labute approximate surface area is 190 Å². The average Bonchev–Trinajstić information content (AvgIpc) is 3.45. The molecule has 10 heteroatoms. The standard InChI is InChI=1S/C22H28N6O3S/c1-22(2,3)25-20(30)24-18(29)13-32-21-27-26-19(28(21)12-14-7-6-10-31-14)16-11-23-17-9-5-4-8-15(16)17/h4-5,8-9,11,14,23H,6-7,10,12-13H2,1-3H3,(H2,24,25,29,30). The lowest BCUT2D eigenvalue weighted by Gasteiger charge is -2.20. The Kier molecular flexibility index (Phi) is 6.52. The molecule has 3 N–H and O–H groups in total. The number of ether oxygens (including phenoxy) is 1. The van der Waals surface area contributed by atoms with Crippen LogP contribution in [0.5, 0.6) is 0 Å². The number of hydrogen-bond acceptors (Lipinski definition) is 6. The van der Waals surface area contributed by atoms with Gasteiger partial charge in [-0.2, -0.15) is 0 Å². The van der Waals surface area contributed by atoms with Crippen LogP contribution in [0.3, 0.4) is 0 Å². The van der Waals surface area contributed by atoms with E-state index >= 15 is 0 Å². The summed E-state index contributed by atoms with van der Waals surface area (Å²) in [6.07, 6.45) is 4.02. The number of imide groups is 1. The zero-order valence-corrected chi connectivity index (χ0v) is 19.3. The molecule has 4 rings (SSSR count). The number of fused-ring (bicyclic) bond motifs is 1. The minimum atomic E-state index is -0.511. The number of H-pyrrole nitrogens is 1. The van der Waals surface area contributed by atoms with E-state index in [9.17, 15) is 9.59 Å². The number of aromatic amines is 1. The highest BCUT2D eigenvalue weighted by atomic mass is 32.2. The Hall–Kier alpha value is -2.85. The first kappa shape index (κ1) is 22.3. The number of benzene rings is 1. The fourth-order valence-electron chi connectivity index (χ4n) is 3.67. The van der Waals surface area contributed by atoms with Gasteiger partial charge in [-0.1, -0.05) is 30.0 Å². The molecule has 1 aliphatic rings. The van der Waals surface area contributed by atoms with E-state index < -0.39 is 17.5 Å². The highest BCUT2D eigenvalue weighted by Crippen LogP contribution is 2.31. The highest BCUT2D eigenvalue weighted by molar-refractivity contribution is 7.99. The molecule has 0 radical (unpaired) electrons. The molecule has 1 saturated heterocycles. The van der Waals surface area contributed by atoms with Gasteiger partial charge < -0.3 is 15.0 Å². The number of para-hydroxylation sites is 1. The van der Waals surface area contributed by atoms with Gasteiger partial charge in [0.25, 0.3) is 0 Å². The summed E-state index contributed by atoms with van der Waals surface area (Å²) < 4.78 is 7.85. The number of carbonyl (C=O) groups is 2. The van der Waals surface area contributed by atoms with Gasteiger partial charge in [-0.15, -0.1) is 10.2 Å². The van der Waals surface area contributed by atoms with Crippen molar-refractivity contribution in [1.82, 2.24) is 30.4 Å². The fourth-order valence-corrected chi connectivity index (χ4v) is 4.42. The van der Waals surface area contributed by atoms with Crippen molar-refractivity contribution in [2.24, 2.45) is 0 Å². The molecule has 0 saturated carbocycles. The molecule has 1 fully saturated rings. The first-order valence-electron chi connectivity index (χ1n) is 10.7. The van der Waals surface area contributed by atoms with Crippen LogP contribution in [-0.2, 0) is 16.1 Å². The molecule has 3 amide bonds. The second-order valence-electron chi connectivity index (χ2n) is 8.84. The van der Waals surface area contributed by atoms with Crippen LogP contribution >= 0.6 is 11.8 Å². The monoisotopic (exact) mass is 456 g/mol. The minimum absolute atomic E-state index is 0.0507. The van der Waals surface area contributed by atoms with Crippen LogP contribution in [0.1, 0.15) is 33.6 Å². The number of nitrogens with zero attached hydrogens (tertiary/aromatic N) is 3. The van der Waals surface area contributed by atoms with Gasteiger partial charge >= 0.3 is 6.03 Å². The van der Waals surface area contributed by atoms with Gasteiger partial charge in [-0.25, -0.2) is 4.79 Å². The maximum Gasteiger partial charge on any atom is 0.321 e. The topological polar surface area (TPSA) is 114 Å². The van der Waals surface area contributed by atoms with Crippen molar-refractivity contribution in [3.8, 4) is 11.4 Å². The molecule has 3 aromatic rings. The SMILES string of the molecule is CC(C)(C)NC(=O)NC(=O)CSc1nnc(-c2c[nH]c3ccccc23)n1CC1CCCO1. The van der Waals surface area contributed by atoms with E-state index in [1.54, 1.807) is 0 Å². The van der Waals surface area contributed by atoms with Crippen LogP contribution < -0.4 is 10.6 Å². The molecule has 32 heavy (non-hydrogen) atoms. The summed E-state index contributed by atoms with van der Waals surface area (Å²) in [6, 6.07) is 7.52. The van der Waals surface area contributed by atoms with E-state index in [2.05, 4.69) is 25.8 Å². The van der Waals surface area contributed by atoms with Gasteiger partial charge in [0.2, 0.25) is 5.91 Å². The number of urea groups is 1. The number of amides is 3. The predicted molar refractivity (Wildman–Crippen MR) is 123 cm³/mol. The summed E-state index contributed by atoms with van der Waals surface area (Å²) in [7, 11) is 0.